The summed E-state index contributed by atoms with van der Waals surface area (Å²) < 4.78 is 30.5. The number of rotatable bonds is 1. The Morgan fingerprint density at radius 1 is 1.33 bits per heavy atom. The van der Waals surface area contributed by atoms with Gasteiger partial charge in [-0.15, -0.1) is 0 Å². The van der Waals surface area contributed by atoms with Crippen LogP contribution in [0.1, 0.15) is 18.6 Å². The Hall–Kier alpha value is -0.960. The Morgan fingerprint density at radius 2 is 2.00 bits per heavy atom. The van der Waals surface area contributed by atoms with Crippen LogP contribution >= 0.6 is 0 Å². The molecule has 2 atom stereocenters. The Morgan fingerprint density at radius 3 is 2.50 bits per heavy atom. The van der Waals surface area contributed by atoms with Crippen molar-refractivity contribution in [1.82, 2.24) is 0 Å². The second-order valence-electron chi connectivity index (χ2n) is 2.93. The largest absolute Gasteiger partial charge is 0.365 e. The quantitative estimate of drug-likeness (QED) is 0.589. The van der Waals surface area contributed by atoms with E-state index >= 15 is 0 Å². The van der Waals surface area contributed by atoms with Gasteiger partial charge in [0.25, 0.3) is 0 Å². The third kappa shape index (κ3) is 1.20. The van der Waals surface area contributed by atoms with E-state index in [4.69, 9.17) is 4.74 Å². The number of ether oxygens (including phenoxy) is 1. The highest BCUT2D eigenvalue weighted by Gasteiger charge is 2.37. The van der Waals surface area contributed by atoms with Gasteiger partial charge >= 0.3 is 0 Å². The molecular weight excluding hydrogens is 162 g/mol. The fraction of sp³-hybridized carbons (Fsp3) is 0.333. The van der Waals surface area contributed by atoms with Gasteiger partial charge in [0, 0.05) is 11.6 Å². The third-order valence-corrected chi connectivity index (χ3v) is 1.98. The van der Waals surface area contributed by atoms with Crippen LogP contribution in [0.25, 0.3) is 0 Å². The molecule has 1 aromatic rings. The zero-order chi connectivity index (χ0) is 8.72. The monoisotopic (exact) mass is 170 g/mol. The number of epoxide rings is 1. The fourth-order valence-electron chi connectivity index (χ4n) is 1.24. The van der Waals surface area contributed by atoms with Gasteiger partial charge in [0.2, 0.25) is 0 Å². The molecule has 12 heavy (non-hydrogen) atoms. The molecule has 3 heteroatoms. The molecule has 1 saturated heterocycles. The molecule has 1 nitrogen and oxygen atoms in total. The summed E-state index contributed by atoms with van der Waals surface area (Å²) >= 11 is 0. The molecule has 0 saturated carbocycles. The van der Waals surface area contributed by atoms with Gasteiger partial charge in [0.1, 0.15) is 17.7 Å². The molecule has 1 heterocycles. The zero-order valence-corrected chi connectivity index (χ0v) is 6.55. The molecular formula is C9H8F2O. The van der Waals surface area contributed by atoms with Gasteiger partial charge in [-0.1, -0.05) is 6.07 Å². The van der Waals surface area contributed by atoms with E-state index in [1.54, 1.807) is 0 Å². The normalized spacial score (nSPS) is 27.2. The van der Waals surface area contributed by atoms with Crippen LogP contribution in [-0.2, 0) is 4.74 Å². The second-order valence-corrected chi connectivity index (χ2v) is 2.93. The van der Waals surface area contributed by atoms with Gasteiger partial charge in [-0.25, -0.2) is 8.78 Å². The number of hydrogen-bond donors (Lipinski definition) is 0. The number of halogens is 2. The molecule has 1 aliphatic heterocycles. The topological polar surface area (TPSA) is 12.5 Å². The summed E-state index contributed by atoms with van der Waals surface area (Å²) in [7, 11) is 0. The van der Waals surface area contributed by atoms with Gasteiger partial charge in [0.05, 0.1) is 6.10 Å². The van der Waals surface area contributed by atoms with Crippen molar-refractivity contribution in [3.8, 4) is 0 Å². The Kier molecular flexibility index (Phi) is 1.61. The van der Waals surface area contributed by atoms with Gasteiger partial charge in [-0.05, 0) is 13.0 Å². The van der Waals surface area contributed by atoms with E-state index in [0.717, 1.165) is 6.07 Å². The van der Waals surface area contributed by atoms with Crippen molar-refractivity contribution < 1.29 is 13.5 Å². The minimum Gasteiger partial charge on any atom is -0.365 e. The molecule has 1 aromatic carbocycles. The van der Waals surface area contributed by atoms with Crippen molar-refractivity contribution in [2.75, 3.05) is 0 Å². The van der Waals surface area contributed by atoms with E-state index < -0.39 is 11.6 Å². The van der Waals surface area contributed by atoms with Gasteiger partial charge < -0.3 is 4.74 Å². The maximum absolute atomic E-state index is 13.0. The Bertz CT molecular complexity index is 311. The van der Waals surface area contributed by atoms with Crippen molar-refractivity contribution in [2.24, 2.45) is 0 Å². The molecule has 0 aromatic heterocycles. The predicted octanol–water partition coefficient (Wildman–Crippen LogP) is 2.42. The summed E-state index contributed by atoms with van der Waals surface area (Å²) in [5.74, 6) is -1.08. The fourth-order valence-corrected chi connectivity index (χ4v) is 1.24. The first-order valence-electron chi connectivity index (χ1n) is 3.79. The highest BCUT2D eigenvalue weighted by Crippen LogP contribution is 2.39. The van der Waals surface area contributed by atoms with Crippen LogP contribution in [0.5, 0.6) is 0 Å². The highest BCUT2D eigenvalue weighted by atomic mass is 19.1. The summed E-state index contributed by atoms with van der Waals surface area (Å²) in [5, 5.41) is 0. The summed E-state index contributed by atoms with van der Waals surface area (Å²) in [6.07, 6.45) is -0.115. The maximum Gasteiger partial charge on any atom is 0.132 e. The van der Waals surface area contributed by atoms with Crippen molar-refractivity contribution in [3.05, 3.63) is 35.4 Å². The Balaban J connectivity index is 2.33. The van der Waals surface area contributed by atoms with Crippen molar-refractivity contribution in [2.45, 2.75) is 19.1 Å². The average Bonchev–Trinajstić information content (AvgIpc) is 2.66. The average molecular weight is 170 g/mol. The lowest BCUT2D eigenvalue weighted by Gasteiger charge is -1.97. The van der Waals surface area contributed by atoms with Gasteiger partial charge in [0.15, 0.2) is 0 Å². The predicted molar refractivity (Wildman–Crippen MR) is 39.6 cm³/mol. The third-order valence-electron chi connectivity index (χ3n) is 1.98. The second kappa shape index (κ2) is 2.52. The van der Waals surface area contributed by atoms with Gasteiger partial charge in [-0.2, -0.15) is 0 Å². The van der Waals surface area contributed by atoms with Crippen LogP contribution in [0.2, 0.25) is 0 Å². The molecule has 0 bridgehead atoms. The zero-order valence-electron chi connectivity index (χ0n) is 6.55. The van der Waals surface area contributed by atoms with Crippen LogP contribution in [0.15, 0.2) is 18.2 Å². The van der Waals surface area contributed by atoms with Crippen molar-refractivity contribution in [3.63, 3.8) is 0 Å². The molecule has 0 spiro atoms. The van der Waals surface area contributed by atoms with Crippen LogP contribution < -0.4 is 0 Å². The number of hydrogen-bond acceptors (Lipinski definition) is 1. The smallest absolute Gasteiger partial charge is 0.132 e. The van der Waals surface area contributed by atoms with E-state index in [2.05, 4.69) is 0 Å². The summed E-state index contributed by atoms with van der Waals surface area (Å²) in [5.41, 5.74) is 0.448. The van der Waals surface area contributed by atoms with Gasteiger partial charge in [-0.3, -0.25) is 0 Å². The standard InChI is InChI=1S/C9H8F2O/c1-5-9(12-5)7-3-2-6(10)4-8(7)11/h2-5,9H,1H3/t5-,9+/m1/s1. The molecule has 64 valence electrons. The lowest BCUT2D eigenvalue weighted by molar-refractivity contribution is 0.378. The summed E-state index contributed by atoms with van der Waals surface area (Å²) in [6.45, 7) is 1.85. The van der Waals surface area contributed by atoms with Crippen molar-refractivity contribution in [1.29, 1.82) is 0 Å². The SMILES string of the molecule is C[C@H]1O[C@@H]1c1ccc(F)cc1F. The minimum atomic E-state index is -0.551. The van der Waals surface area contributed by atoms with Crippen LogP contribution in [-0.4, -0.2) is 6.10 Å². The van der Waals surface area contributed by atoms with E-state index in [1.165, 1.54) is 12.1 Å². The van der Waals surface area contributed by atoms with Crippen LogP contribution in [0.3, 0.4) is 0 Å². The van der Waals surface area contributed by atoms with Crippen LogP contribution in [0.4, 0.5) is 8.78 Å². The summed E-state index contributed by atoms with van der Waals surface area (Å²) in [6, 6.07) is 3.55. The molecule has 0 unspecified atom stereocenters. The first-order chi connectivity index (χ1) is 5.68. The van der Waals surface area contributed by atoms with Crippen LogP contribution in [0, 0.1) is 11.6 Å². The minimum absolute atomic E-state index is 0.0601. The molecule has 2 rings (SSSR count). The lowest BCUT2D eigenvalue weighted by atomic mass is 10.1. The van der Waals surface area contributed by atoms with E-state index in [9.17, 15) is 8.78 Å². The molecule has 1 fully saturated rings. The number of benzene rings is 1. The van der Waals surface area contributed by atoms with Crippen molar-refractivity contribution >= 4 is 0 Å². The van der Waals surface area contributed by atoms with E-state index in [1.807, 2.05) is 6.92 Å². The Labute approximate surface area is 69.0 Å². The molecule has 0 amide bonds. The molecule has 1 aliphatic rings. The maximum atomic E-state index is 13.0. The first-order valence-corrected chi connectivity index (χ1v) is 3.79. The summed E-state index contributed by atoms with van der Waals surface area (Å²) in [4.78, 5) is 0. The molecule has 0 radical (unpaired) electrons. The molecule has 0 aliphatic carbocycles. The van der Waals surface area contributed by atoms with E-state index in [0.29, 0.717) is 5.56 Å². The van der Waals surface area contributed by atoms with E-state index in [-0.39, 0.29) is 12.2 Å². The first kappa shape index (κ1) is 7.68. The molecule has 0 N–H and O–H groups in total. The highest BCUT2D eigenvalue weighted by molar-refractivity contribution is 5.24. The lowest BCUT2D eigenvalue weighted by Crippen LogP contribution is -1.90.